The number of non-ortho nitro benzene ring substituents is 1. The average Bonchev–Trinajstić information content (AvgIpc) is 3.17. The Bertz CT molecular complexity index is 1240. The van der Waals surface area contributed by atoms with E-state index >= 15 is 0 Å². The second-order valence-corrected chi connectivity index (χ2v) is 9.30. The van der Waals surface area contributed by atoms with Crippen molar-refractivity contribution < 1.29 is 13.3 Å². The summed E-state index contributed by atoms with van der Waals surface area (Å²) in [6.45, 7) is 2.74. The molecule has 0 N–H and O–H groups in total. The monoisotopic (exact) mass is 435 g/mol. The van der Waals surface area contributed by atoms with Crippen molar-refractivity contribution in [2.24, 2.45) is 0 Å². The van der Waals surface area contributed by atoms with Crippen LogP contribution >= 0.6 is 11.3 Å². The zero-order valence-electron chi connectivity index (χ0n) is 15.4. The van der Waals surface area contributed by atoms with Crippen molar-refractivity contribution >= 4 is 37.7 Å². The van der Waals surface area contributed by atoms with Crippen LogP contribution in [0.2, 0.25) is 0 Å². The van der Waals surface area contributed by atoms with Gasteiger partial charge in [0.05, 0.1) is 10.6 Å². The molecule has 0 amide bonds. The number of piperazine rings is 1. The molecule has 0 spiro atoms. The van der Waals surface area contributed by atoms with E-state index in [-0.39, 0.29) is 29.4 Å². The minimum absolute atomic E-state index is 0.00207. The summed E-state index contributed by atoms with van der Waals surface area (Å²) < 4.78 is 28.8. The Balaban J connectivity index is 1.56. The van der Waals surface area contributed by atoms with Crippen molar-refractivity contribution in [2.75, 3.05) is 31.1 Å². The van der Waals surface area contributed by atoms with Gasteiger partial charge < -0.3 is 4.90 Å². The minimum Gasteiger partial charge on any atom is -0.369 e. The molecule has 0 bridgehead atoms. The number of anilines is 1. The van der Waals surface area contributed by atoms with Gasteiger partial charge in [-0.05, 0) is 19.1 Å². The van der Waals surface area contributed by atoms with Crippen LogP contribution in [-0.4, -0.2) is 53.2 Å². The van der Waals surface area contributed by atoms with Gasteiger partial charge in [-0.2, -0.15) is 4.31 Å². The fourth-order valence-electron chi connectivity index (χ4n) is 3.36. The van der Waals surface area contributed by atoms with E-state index in [1.165, 1.54) is 45.3 Å². The summed E-state index contributed by atoms with van der Waals surface area (Å²) in [6.07, 6.45) is 1.51. The number of rotatable bonds is 4. The van der Waals surface area contributed by atoms with Crippen molar-refractivity contribution in [2.45, 2.75) is 11.8 Å². The van der Waals surface area contributed by atoms with Crippen molar-refractivity contribution in [1.82, 2.24) is 13.7 Å². The van der Waals surface area contributed by atoms with Crippen LogP contribution in [0, 0.1) is 17.0 Å². The van der Waals surface area contributed by atoms with Crippen LogP contribution in [0.3, 0.4) is 0 Å². The number of thiazole rings is 1. The van der Waals surface area contributed by atoms with Gasteiger partial charge in [0.25, 0.3) is 21.3 Å². The van der Waals surface area contributed by atoms with Crippen LogP contribution in [0.15, 0.2) is 45.5 Å². The molecule has 0 saturated carbocycles. The van der Waals surface area contributed by atoms with Crippen LogP contribution in [0.5, 0.6) is 0 Å². The molecule has 1 saturated heterocycles. The number of aryl methyl sites for hydroxylation is 1. The lowest BCUT2D eigenvalue weighted by atomic mass is 10.2. The zero-order chi connectivity index (χ0) is 20.8. The Labute approximate surface area is 169 Å². The molecule has 1 aliphatic rings. The Morgan fingerprint density at radius 2 is 1.79 bits per heavy atom. The molecule has 10 nitrogen and oxygen atoms in total. The van der Waals surface area contributed by atoms with E-state index in [1.807, 2.05) is 4.90 Å². The van der Waals surface area contributed by atoms with Crippen LogP contribution in [0.25, 0.3) is 4.96 Å². The van der Waals surface area contributed by atoms with Gasteiger partial charge in [0.2, 0.25) is 0 Å². The van der Waals surface area contributed by atoms with Gasteiger partial charge in [0.1, 0.15) is 0 Å². The molecule has 3 heterocycles. The smallest absolute Gasteiger partial charge is 0.279 e. The van der Waals surface area contributed by atoms with E-state index in [4.69, 9.17) is 0 Å². The van der Waals surface area contributed by atoms with E-state index < -0.39 is 20.5 Å². The van der Waals surface area contributed by atoms with Gasteiger partial charge in [0, 0.05) is 55.6 Å². The molecule has 1 aromatic carbocycles. The number of hydrogen-bond donors (Lipinski definition) is 0. The molecule has 12 heteroatoms. The van der Waals surface area contributed by atoms with Crippen LogP contribution < -0.4 is 10.5 Å². The van der Waals surface area contributed by atoms with Crippen molar-refractivity contribution in [3.8, 4) is 0 Å². The van der Waals surface area contributed by atoms with Crippen molar-refractivity contribution in [1.29, 1.82) is 0 Å². The number of fused-ring (bicyclic) bond motifs is 1. The van der Waals surface area contributed by atoms with Gasteiger partial charge in [0.15, 0.2) is 9.86 Å². The maximum absolute atomic E-state index is 13.1. The normalized spacial score (nSPS) is 15.7. The molecule has 1 aliphatic heterocycles. The third kappa shape index (κ3) is 3.39. The molecular weight excluding hydrogens is 418 g/mol. The Kier molecular flexibility index (Phi) is 4.84. The maximum atomic E-state index is 13.1. The van der Waals surface area contributed by atoms with E-state index in [1.54, 1.807) is 17.5 Å². The third-order valence-corrected chi connectivity index (χ3v) is 7.64. The Hall–Kier alpha value is -2.83. The number of aromatic nitrogens is 2. The first-order chi connectivity index (χ1) is 13.8. The number of hydrogen-bond acceptors (Lipinski definition) is 8. The maximum Gasteiger partial charge on any atom is 0.279 e. The largest absolute Gasteiger partial charge is 0.369 e. The standard InChI is InChI=1S/C17H17N5O5S2/c1-12-15(16(23)21-10-11-28-17(21)18-12)29(26,27)20-8-6-19(7-9-20)13-2-4-14(5-3-13)22(24)25/h2-5,10-11H,6-9H2,1H3. The lowest BCUT2D eigenvalue weighted by Crippen LogP contribution is -2.49. The van der Waals surface area contributed by atoms with Gasteiger partial charge in [-0.3, -0.25) is 19.3 Å². The second-order valence-electron chi connectivity index (χ2n) is 6.55. The number of nitrogens with zero attached hydrogens (tertiary/aromatic N) is 5. The molecule has 0 unspecified atom stereocenters. The molecule has 3 aromatic rings. The number of nitro benzene ring substituents is 1. The fourth-order valence-corrected chi connectivity index (χ4v) is 5.76. The zero-order valence-corrected chi connectivity index (χ0v) is 17.0. The summed E-state index contributed by atoms with van der Waals surface area (Å²) in [4.78, 5) is 29.4. The molecule has 4 rings (SSSR count). The summed E-state index contributed by atoms with van der Waals surface area (Å²) in [5.41, 5.74) is 0.384. The molecule has 0 atom stereocenters. The van der Waals surface area contributed by atoms with Crippen LogP contribution in [-0.2, 0) is 10.0 Å². The Morgan fingerprint density at radius 1 is 1.14 bits per heavy atom. The predicted molar refractivity (Wildman–Crippen MR) is 108 cm³/mol. The number of sulfonamides is 1. The third-order valence-electron chi connectivity index (χ3n) is 4.86. The highest BCUT2D eigenvalue weighted by atomic mass is 32.2. The predicted octanol–water partition coefficient (Wildman–Crippen LogP) is 1.48. The topological polar surface area (TPSA) is 118 Å². The van der Waals surface area contributed by atoms with E-state index in [0.717, 1.165) is 5.69 Å². The second kappa shape index (κ2) is 7.21. The summed E-state index contributed by atoms with van der Waals surface area (Å²) in [5.74, 6) is 0. The summed E-state index contributed by atoms with van der Waals surface area (Å²) in [6, 6.07) is 6.13. The SMILES string of the molecule is Cc1nc2sccn2c(=O)c1S(=O)(=O)N1CCN(c2ccc([N+](=O)[O-])cc2)CC1. The summed E-state index contributed by atoms with van der Waals surface area (Å²) in [7, 11) is -3.99. The highest BCUT2D eigenvalue weighted by Gasteiger charge is 2.33. The van der Waals surface area contributed by atoms with Gasteiger partial charge in [-0.25, -0.2) is 13.4 Å². The van der Waals surface area contributed by atoms with Gasteiger partial charge in [-0.1, -0.05) is 0 Å². The highest BCUT2D eigenvalue weighted by Crippen LogP contribution is 2.23. The van der Waals surface area contributed by atoms with E-state index in [0.29, 0.717) is 18.1 Å². The number of benzene rings is 1. The van der Waals surface area contributed by atoms with Crippen molar-refractivity contribution in [3.05, 3.63) is 62.0 Å². The Morgan fingerprint density at radius 3 is 2.41 bits per heavy atom. The molecule has 0 aliphatic carbocycles. The molecule has 0 radical (unpaired) electrons. The van der Waals surface area contributed by atoms with Crippen molar-refractivity contribution in [3.63, 3.8) is 0 Å². The lowest BCUT2D eigenvalue weighted by molar-refractivity contribution is -0.384. The molecule has 1 fully saturated rings. The lowest BCUT2D eigenvalue weighted by Gasteiger charge is -2.35. The summed E-state index contributed by atoms with van der Waals surface area (Å²) >= 11 is 1.27. The molecule has 152 valence electrons. The first kappa shape index (κ1) is 19.5. The molecule has 2 aromatic heterocycles. The fraction of sp³-hybridized carbons (Fsp3) is 0.294. The van der Waals surface area contributed by atoms with Crippen LogP contribution in [0.1, 0.15) is 5.69 Å². The molecule has 29 heavy (non-hydrogen) atoms. The van der Waals surface area contributed by atoms with Gasteiger partial charge >= 0.3 is 0 Å². The first-order valence-corrected chi connectivity index (χ1v) is 11.1. The minimum atomic E-state index is -3.99. The summed E-state index contributed by atoms with van der Waals surface area (Å²) in [5, 5.41) is 12.5. The van der Waals surface area contributed by atoms with E-state index in [2.05, 4.69) is 4.98 Å². The molecular formula is C17H17N5O5S2. The average molecular weight is 435 g/mol. The highest BCUT2D eigenvalue weighted by molar-refractivity contribution is 7.89. The van der Waals surface area contributed by atoms with E-state index in [9.17, 15) is 23.3 Å². The van der Waals surface area contributed by atoms with Gasteiger partial charge in [-0.15, -0.1) is 11.3 Å². The van der Waals surface area contributed by atoms with Crippen LogP contribution in [0.4, 0.5) is 11.4 Å². The first-order valence-electron chi connectivity index (χ1n) is 8.75. The quantitative estimate of drug-likeness (QED) is 0.450. The number of nitro groups is 1.